The van der Waals surface area contributed by atoms with E-state index in [-0.39, 0.29) is 37.5 Å². The first-order chi connectivity index (χ1) is 16.4. The first-order valence-corrected chi connectivity index (χ1v) is 10.7. The van der Waals surface area contributed by atoms with Gasteiger partial charge in [-0.15, -0.1) is 6.42 Å². The molecule has 0 N–H and O–H groups in total. The average Bonchev–Trinajstić information content (AvgIpc) is 3.42. The number of ether oxygens (including phenoxy) is 4. The number of fused-ring (bicyclic) bond motifs is 6. The van der Waals surface area contributed by atoms with Gasteiger partial charge in [0.15, 0.2) is 11.5 Å². The molecule has 9 nitrogen and oxygen atoms in total. The molecule has 0 radical (unpaired) electrons. The number of carbonyl (C=O) groups is 2. The highest BCUT2D eigenvalue weighted by Gasteiger charge is 2.50. The van der Waals surface area contributed by atoms with Crippen molar-refractivity contribution < 1.29 is 28.5 Å². The number of pyridine rings is 2. The van der Waals surface area contributed by atoms with E-state index >= 15 is 0 Å². The zero-order chi connectivity index (χ0) is 23.8. The molecule has 5 heterocycles. The number of hydrogen-bond acceptors (Lipinski definition) is 8. The van der Waals surface area contributed by atoms with Crippen molar-refractivity contribution in [3.05, 3.63) is 50.8 Å². The Morgan fingerprint density at radius 1 is 1.21 bits per heavy atom. The van der Waals surface area contributed by atoms with Crippen LogP contribution in [0, 0.1) is 12.3 Å². The van der Waals surface area contributed by atoms with Crippen LogP contribution in [0.4, 0.5) is 0 Å². The molecule has 0 fully saturated rings. The van der Waals surface area contributed by atoms with Crippen LogP contribution in [0.15, 0.2) is 23.0 Å². The summed E-state index contributed by atoms with van der Waals surface area (Å²) in [4.78, 5) is 43.1. The van der Waals surface area contributed by atoms with Crippen molar-refractivity contribution in [1.29, 1.82) is 0 Å². The van der Waals surface area contributed by atoms with E-state index < -0.39 is 17.5 Å². The van der Waals surface area contributed by atoms with Crippen LogP contribution in [-0.4, -0.2) is 28.3 Å². The van der Waals surface area contributed by atoms with Gasteiger partial charge < -0.3 is 23.5 Å². The lowest BCUT2D eigenvalue weighted by Gasteiger charge is -2.35. The molecule has 0 amide bonds. The second-order valence-electron chi connectivity index (χ2n) is 8.34. The zero-order valence-corrected chi connectivity index (χ0v) is 18.4. The van der Waals surface area contributed by atoms with Gasteiger partial charge in [-0.2, -0.15) is 0 Å². The van der Waals surface area contributed by atoms with Crippen molar-refractivity contribution in [2.24, 2.45) is 0 Å². The van der Waals surface area contributed by atoms with Gasteiger partial charge in [-0.3, -0.25) is 9.59 Å². The number of hydrogen-bond donors (Lipinski definition) is 0. The maximum Gasteiger partial charge on any atom is 0.355 e. The maximum atomic E-state index is 13.5. The molecule has 6 rings (SSSR count). The van der Waals surface area contributed by atoms with E-state index in [0.29, 0.717) is 39.5 Å². The summed E-state index contributed by atoms with van der Waals surface area (Å²) < 4.78 is 23.3. The Balaban J connectivity index is 1.64. The van der Waals surface area contributed by atoms with Gasteiger partial charge in [-0.05, 0) is 18.6 Å². The van der Waals surface area contributed by atoms with Gasteiger partial charge in [0.05, 0.1) is 29.0 Å². The van der Waals surface area contributed by atoms with Crippen LogP contribution in [0.25, 0.3) is 22.3 Å². The van der Waals surface area contributed by atoms with Gasteiger partial charge in [0.25, 0.3) is 5.56 Å². The highest BCUT2D eigenvalue weighted by Crippen LogP contribution is 2.43. The van der Waals surface area contributed by atoms with Crippen LogP contribution in [-0.2, 0) is 37.8 Å². The number of benzene rings is 1. The standard InChI is InChI=1S/C25H18N2O7/c1-4-13-14-6-20-21(33-11-32-20)8-18(14)26-22-15(13)9-27-19(22)7-17-16(23(27)29)10-31-24(30)25(17,5-2)34-12(3)28/h1,6-8H,5,9-11H2,2-3H3/t25-/m0/s1. The number of nitrogens with zero attached hydrogens (tertiary/aromatic N) is 2. The fourth-order valence-corrected chi connectivity index (χ4v) is 5.04. The quantitative estimate of drug-likeness (QED) is 0.333. The summed E-state index contributed by atoms with van der Waals surface area (Å²) in [5.41, 5.74) is 1.49. The number of esters is 2. The third-order valence-electron chi connectivity index (χ3n) is 6.61. The molecular weight excluding hydrogens is 440 g/mol. The molecule has 2 aromatic heterocycles. The zero-order valence-electron chi connectivity index (χ0n) is 18.4. The van der Waals surface area contributed by atoms with E-state index in [9.17, 15) is 14.4 Å². The molecule has 0 saturated carbocycles. The number of rotatable bonds is 2. The predicted octanol–water partition coefficient (Wildman–Crippen LogP) is 2.36. The summed E-state index contributed by atoms with van der Waals surface area (Å²) in [6.45, 7) is 3.04. The van der Waals surface area contributed by atoms with E-state index in [1.165, 1.54) is 6.92 Å². The van der Waals surface area contributed by atoms with Crippen LogP contribution in [0.1, 0.15) is 42.5 Å². The van der Waals surface area contributed by atoms with Crippen molar-refractivity contribution in [3.63, 3.8) is 0 Å². The van der Waals surface area contributed by atoms with Crippen molar-refractivity contribution in [2.75, 3.05) is 6.79 Å². The molecule has 0 unspecified atom stereocenters. The Kier molecular flexibility index (Phi) is 4.08. The van der Waals surface area contributed by atoms with Gasteiger partial charge in [-0.1, -0.05) is 12.8 Å². The molecule has 3 aliphatic heterocycles. The van der Waals surface area contributed by atoms with Crippen LogP contribution < -0.4 is 15.0 Å². The molecule has 0 bridgehead atoms. The summed E-state index contributed by atoms with van der Waals surface area (Å²) in [5.74, 6) is 2.53. The average molecular weight is 458 g/mol. The van der Waals surface area contributed by atoms with E-state index in [0.717, 1.165) is 10.9 Å². The topological polar surface area (TPSA) is 106 Å². The molecule has 0 aliphatic carbocycles. The van der Waals surface area contributed by atoms with E-state index in [1.807, 2.05) is 0 Å². The summed E-state index contributed by atoms with van der Waals surface area (Å²) in [7, 11) is 0. The minimum absolute atomic E-state index is 0.110. The maximum absolute atomic E-state index is 13.5. The van der Waals surface area contributed by atoms with E-state index in [2.05, 4.69) is 5.92 Å². The molecule has 1 atom stereocenters. The second-order valence-corrected chi connectivity index (χ2v) is 8.34. The summed E-state index contributed by atoms with van der Waals surface area (Å²) >= 11 is 0. The summed E-state index contributed by atoms with van der Waals surface area (Å²) in [6.07, 6.45) is 6.02. The molecule has 9 heteroatoms. The molecule has 0 spiro atoms. The minimum atomic E-state index is -1.70. The van der Waals surface area contributed by atoms with Crippen molar-refractivity contribution in [3.8, 4) is 35.2 Å². The van der Waals surface area contributed by atoms with Crippen LogP contribution in [0.5, 0.6) is 11.5 Å². The lowest BCUT2D eigenvalue weighted by Crippen LogP contribution is -2.47. The van der Waals surface area contributed by atoms with E-state index in [1.54, 1.807) is 29.7 Å². The van der Waals surface area contributed by atoms with Gasteiger partial charge >= 0.3 is 11.9 Å². The predicted molar refractivity (Wildman–Crippen MR) is 118 cm³/mol. The summed E-state index contributed by atoms with van der Waals surface area (Å²) in [5, 5.41) is 0.720. The fraction of sp³-hybridized carbons (Fsp3) is 0.280. The van der Waals surface area contributed by atoms with E-state index in [4.69, 9.17) is 30.4 Å². The molecular formula is C25H18N2O7. The first kappa shape index (κ1) is 20.3. The molecule has 34 heavy (non-hydrogen) atoms. The SMILES string of the molecule is C#Cc1c2c(nc3cc4c(cc13)OCO4)-c1cc3c(c(=O)n1C2)COC(=O)[C@@]3(CC)OC(C)=O. The Hall–Kier alpha value is -4.32. The van der Waals surface area contributed by atoms with Crippen molar-refractivity contribution in [1.82, 2.24) is 9.55 Å². The highest BCUT2D eigenvalue weighted by molar-refractivity contribution is 5.93. The highest BCUT2D eigenvalue weighted by atomic mass is 16.7. The van der Waals surface area contributed by atoms with Crippen molar-refractivity contribution >= 4 is 22.8 Å². The Morgan fingerprint density at radius 2 is 1.97 bits per heavy atom. The number of carbonyl (C=O) groups excluding carboxylic acids is 2. The number of aromatic nitrogens is 2. The Bertz CT molecular complexity index is 1560. The number of terminal acetylenes is 1. The van der Waals surface area contributed by atoms with Crippen LogP contribution in [0.2, 0.25) is 0 Å². The fourth-order valence-electron chi connectivity index (χ4n) is 5.04. The molecule has 0 saturated heterocycles. The van der Waals surface area contributed by atoms with Crippen LogP contribution >= 0.6 is 0 Å². The van der Waals surface area contributed by atoms with Gasteiger partial charge in [-0.25, -0.2) is 9.78 Å². The third kappa shape index (κ3) is 2.51. The Morgan fingerprint density at radius 3 is 2.68 bits per heavy atom. The smallest absolute Gasteiger partial charge is 0.355 e. The molecule has 3 aliphatic rings. The van der Waals surface area contributed by atoms with Gasteiger partial charge in [0.2, 0.25) is 12.4 Å². The third-order valence-corrected chi connectivity index (χ3v) is 6.61. The summed E-state index contributed by atoms with van der Waals surface area (Å²) in [6, 6.07) is 5.25. The molecule has 1 aromatic carbocycles. The largest absolute Gasteiger partial charge is 0.457 e. The van der Waals surface area contributed by atoms with Crippen LogP contribution in [0.3, 0.4) is 0 Å². The molecule has 170 valence electrons. The Labute approximate surface area is 193 Å². The lowest BCUT2D eigenvalue weighted by molar-refractivity contribution is -0.188. The normalized spacial score (nSPS) is 19.1. The lowest BCUT2D eigenvalue weighted by atomic mass is 9.85. The molecule has 3 aromatic rings. The second kappa shape index (κ2) is 6.84. The first-order valence-electron chi connectivity index (χ1n) is 10.7. The van der Waals surface area contributed by atoms with Crippen molar-refractivity contribution in [2.45, 2.75) is 39.0 Å². The van der Waals surface area contributed by atoms with Gasteiger partial charge in [0.1, 0.15) is 6.61 Å². The van der Waals surface area contributed by atoms with Gasteiger partial charge in [0, 0.05) is 35.1 Å². The number of cyclic esters (lactones) is 1. The minimum Gasteiger partial charge on any atom is -0.457 e. The monoisotopic (exact) mass is 458 g/mol.